The second kappa shape index (κ2) is 9.36. The molecule has 140 valence electrons. The fraction of sp³-hybridized carbons (Fsp3) is 0.143. The van der Waals surface area contributed by atoms with Crippen molar-refractivity contribution < 1.29 is 9.47 Å². The third-order valence-corrected chi connectivity index (χ3v) is 4.98. The third kappa shape index (κ3) is 5.55. The van der Waals surface area contributed by atoms with Gasteiger partial charge < -0.3 is 14.8 Å². The van der Waals surface area contributed by atoms with Gasteiger partial charge in [-0.1, -0.05) is 51.3 Å². The molecule has 0 amide bonds. The number of ether oxygens (including phenoxy) is 2. The Kier molecular flexibility index (Phi) is 6.89. The van der Waals surface area contributed by atoms with Crippen molar-refractivity contribution in [1.29, 1.82) is 0 Å². The van der Waals surface area contributed by atoms with E-state index in [0.717, 1.165) is 27.0 Å². The highest BCUT2D eigenvalue weighted by Crippen LogP contribution is 2.33. The van der Waals surface area contributed by atoms with Crippen molar-refractivity contribution in [2.45, 2.75) is 13.2 Å². The molecule has 0 aromatic heterocycles. The first-order chi connectivity index (χ1) is 13.0. The lowest BCUT2D eigenvalue weighted by Gasteiger charge is -2.15. The van der Waals surface area contributed by atoms with Crippen molar-refractivity contribution in [3.05, 3.63) is 86.3 Å². The highest BCUT2D eigenvalue weighted by molar-refractivity contribution is 9.10. The van der Waals surface area contributed by atoms with Crippen molar-refractivity contribution in [3.8, 4) is 11.5 Å². The van der Waals surface area contributed by atoms with Gasteiger partial charge in [0.15, 0.2) is 0 Å². The van der Waals surface area contributed by atoms with Gasteiger partial charge >= 0.3 is 0 Å². The number of hydrogen-bond acceptors (Lipinski definition) is 3. The summed E-state index contributed by atoms with van der Waals surface area (Å²) in [5, 5.41) is 4.42. The zero-order chi connectivity index (χ0) is 19.2. The van der Waals surface area contributed by atoms with E-state index in [4.69, 9.17) is 32.7 Å². The summed E-state index contributed by atoms with van der Waals surface area (Å²) in [6.45, 7) is 0.951. The number of benzene rings is 3. The van der Waals surface area contributed by atoms with E-state index in [-0.39, 0.29) is 0 Å². The molecule has 0 atom stereocenters. The fourth-order valence-corrected chi connectivity index (χ4v) is 3.40. The van der Waals surface area contributed by atoms with Crippen LogP contribution in [0.4, 0.5) is 5.69 Å². The molecule has 0 unspecified atom stereocenters. The van der Waals surface area contributed by atoms with E-state index in [1.165, 1.54) is 0 Å². The van der Waals surface area contributed by atoms with Crippen LogP contribution in [0.1, 0.15) is 11.1 Å². The first kappa shape index (κ1) is 19.9. The van der Waals surface area contributed by atoms with Crippen LogP contribution in [0.25, 0.3) is 0 Å². The fourth-order valence-electron chi connectivity index (χ4n) is 2.55. The summed E-state index contributed by atoms with van der Waals surface area (Å²) in [4.78, 5) is 0. The molecule has 0 aliphatic heterocycles. The maximum Gasteiger partial charge on any atom is 0.143 e. The van der Waals surface area contributed by atoms with Crippen molar-refractivity contribution in [1.82, 2.24) is 0 Å². The van der Waals surface area contributed by atoms with Gasteiger partial charge in [0.05, 0.1) is 12.1 Å². The standard InChI is InChI=1S/C21H18BrCl2NO2/c1-26-19-8-6-18(7-9-19)25-12-15-10-17(23)11-20(24)21(15)27-13-14-2-4-16(22)5-3-14/h2-11,25H,12-13H2,1H3. The molecule has 0 spiro atoms. The van der Waals surface area contributed by atoms with Crippen LogP contribution in [0, 0.1) is 0 Å². The Hall–Kier alpha value is -1.88. The Morgan fingerprint density at radius 3 is 2.33 bits per heavy atom. The molecule has 0 aliphatic rings. The number of nitrogens with one attached hydrogen (secondary N) is 1. The zero-order valence-corrected chi connectivity index (χ0v) is 17.7. The summed E-state index contributed by atoms with van der Waals surface area (Å²) in [6, 6.07) is 19.2. The van der Waals surface area contributed by atoms with E-state index >= 15 is 0 Å². The molecule has 3 aromatic carbocycles. The van der Waals surface area contributed by atoms with E-state index in [2.05, 4.69) is 21.2 Å². The number of rotatable bonds is 7. The van der Waals surface area contributed by atoms with Gasteiger partial charge in [-0.05, 0) is 54.1 Å². The molecule has 0 aliphatic carbocycles. The minimum absolute atomic E-state index is 0.421. The predicted octanol–water partition coefficient (Wildman–Crippen LogP) is 6.96. The van der Waals surface area contributed by atoms with Gasteiger partial charge in [0, 0.05) is 27.3 Å². The van der Waals surface area contributed by atoms with Crippen LogP contribution in [-0.2, 0) is 13.2 Å². The molecule has 1 N–H and O–H groups in total. The highest BCUT2D eigenvalue weighted by Gasteiger charge is 2.11. The van der Waals surface area contributed by atoms with Crippen LogP contribution >= 0.6 is 39.1 Å². The highest BCUT2D eigenvalue weighted by atomic mass is 79.9. The Morgan fingerprint density at radius 2 is 1.67 bits per heavy atom. The van der Waals surface area contributed by atoms with Crippen LogP contribution in [0.3, 0.4) is 0 Å². The molecule has 6 heteroatoms. The largest absolute Gasteiger partial charge is 0.497 e. The lowest BCUT2D eigenvalue weighted by Crippen LogP contribution is -2.04. The SMILES string of the molecule is COc1ccc(NCc2cc(Cl)cc(Cl)c2OCc2ccc(Br)cc2)cc1. The summed E-state index contributed by atoms with van der Waals surface area (Å²) in [5.41, 5.74) is 2.91. The molecule has 0 radical (unpaired) electrons. The molecular formula is C21H18BrCl2NO2. The van der Waals surface area contributed by atoms with Crippen LogP contribution < -0.4 is 14.8 Å². The molecule has 0 bridgehead atoms. The monoisotopic (exact) mass is 465 g/mol. The molecular weight excluding hydrogens is 449 g/mol. The van der Waals surface area contributed by atoms with Crippen molar-refractivity contribution in [2.24, 2.45) is 0 Å². The summed E-state index contributed by atoms with van der Waals surface area (Å²) in [7, 11) is 1.64. The van der Waals surface area contributed by atoms with Crippen LogP contribution in [0.5, 0.6) is 11.5 Å². The maximum atomic E-state index is 6.39. The quantitative estimate of drug-likeness (QED) is 0.408. The molecule has 3 rings (SSSR count). The van der Waals surface area contributed by atoms with Crippen molar-refractivity contribution >= 4 is 44.8 Å². The summed E-state index contributed by atoms with van der Waals surface area (Å²) in [6.07, 6.45) is 0. The zero-order valence-electron chi connectivity index (χ0n) is 14.6. The summed E-state index contributed by atoms with van der Waals surface area (Å²) >= 11 is 16.0. The lowest BCUT2D eigenvalue weighted by molar-refractivity contribution is 0.303. The molecule has 0 saturated heterocycles. The van der Waals surface area contributed by atoms with Crippen LogP contribution in [0.15, 0.2) is 65.1 Å². The third-order valence-electron chi connectivity index (χ3n) is 3.95. The van der Waals surface area contributed by atoms with Gasteiger partial charge in [-0.15, -0.1) is 0 Å². The first-order valence-electron chi connectivity index (χ1n) is 8.28. The van der Waals surface area contributed by atoms with E-state index in [9.17, 15) is 0 Å². The van der Waals surface area contributed by atoms with Crippen molar-refractivity contribution in [2.75, 3.05) is 12.4 Å². The van der Waals surface area contributed by atoms with E-state index in [1.807, 2.05) is 54.6 Å². The molecule has 0 heterocycles. The molecule has 0 fully saturated rings. The van der Waals surface area contributed by atoms with E-state index < -0.39 is 0 Å². The second-order valence-corrected chi connectivity index (χ2v) is 7.63. The average Bonchev–Trinajstić information content (AvgIpc) is 2.67. The van der Waals surface area contributed by atoms with Gasteiger partial charge in [0.2, 0.25) is 0 Å². The van der Waals surface area contributed by atoms with Crippen LogP contribution in [0.2, 0.25) is 10.0 Å². The number of methoxy groups -OCH3 is 1. The minimum atomic E-state index is 0.421. The van der Waals surface area contributed by atoms with Gasteiger partial charge in [-0.2, -0.15) is 0 Å². The maximum absolute atomic E-state index is 6.39. The molecule has 27 heavy (non-hydrogen) atoms. The summed E-state index contributed by atoms with van der Waals surface area (Å²) < 4.78 is 12.2. The van der Waals surface area contributed by atoms with Crippen LogP contribution in [-0.4, -0.2) is 7.11 Å². The van der Waals surface area contributed by atoms with Crippen molar-refractivity contribution in [3.63, 3.8) is 0 Å². The van der Waals surface area contributed by atoms with E-state index in [0.29, 0.717) is 28.9 Å². The predicted molar refractivity (Wildman–Crippen MR) is 115 cm³/mol. The number of halogens is 3. The molecule has 3 nitrogen and oxygen atoms in total. The average molecular weight is 467 g/mol. The molecule has 3 aromatic rings. The van der Waals surface area contributed by atoms with Gasteiger partial charge in [-0.3, -0.25) is 0 Å². The first-order valence-corrected chi connectivity index (χ1v) is 9.83. The topological polar surface area (TPSA) is 30.5 Å². The Balaban J connectivity index is 1.73. The number of hydrogen-bond donors (Lipinski definition) is 1. The Labute approximate surface area is 177 Å². The van der Waals surface area contributed by atoms with Gasteiger partial charge in [0.1, 0.15) is 18.1 Å². The smallest absolute Gasteiger partial charge is 0.143 e. The van der Waals surface area contributed by atoms with E-state index in [1.54, 1.807) is 13.2 Å². The normalized spacial score (nSPS) is 10.5. The minimum Gasteiger partial charge on any atom is -0.497 e. The Bertz CT molecular complexity index is 899. The second-order valence-electron chi connectivity index (χ2n) is 5.87. The summed E-state index contributed by atoms with van der Waals surface area (Å²) in [5.74, 6) is 1.44. The van der Waals surface area contributed by atoms with Gasteiger partial charge in [0.25, 0.3) is 0 Å². The number of anilines is 1. The Morgan fingerprint density at radius 1 is 0.963 bits per heavy atom. The van der Waals surface area contributed by atoms with Gasteiger partial charge in [-0.25, -0.2) is 0 Å². The molecule has 0 saturated carbocycles. The lowest BCUT2D eigenvalue weighted by atomic mass is 10.2.